The van der Waals surface area contributed by atoms with Gasteiger partial charge in [0, 0.05) is 32.7 Å². The van der Waals surface area contributed by atoms with Gasteiger partial charge >= 0.3 is 0 Å². The van der Waals surface area contributed by atoms with Gasteiger partial charge in [-0.05, 0) is 0 Å². The zero-order valence-electron chi connectivity index (χ0n) is 5.77. The minimum absolute atomic E-state index is 0. The molecule has 0 spiro atoms. The standard InChI is InChI=1S/C4H9.C2H3O.Y/c1-4(2)3;1-2-3;/h4H,1H2,2-3H3;1H3;/q2*-1;. The number of carbonyl (C=O) groups excluding carboxylic acids is 1. The topological polar surface area (TPSA) is 17.1 Å². The normalized spacial score (nSPS) is 6.12. The average Bonchev–Trinajstić information content (AvgIpc) is 1.33. The Morgan fingerprint density at radius 1 is 1.50 bits per heavy atom. The van der Waals surface area contributed by atoms with Crippen molar-refractivity contribution < 1.29 is 37.5 Å². The first-order chi connectivity index (χ1) is 3.15. The zero-order valence-corrected chi connectivity index (χ0v) is 8.61. The van der Waals surface area contributed by atoms with Crippen LogP contribution in [0.4, 0.5) is 0 Å². The molecule has 0 aromatic carbocycles. The zero-order chi connectivity index (χ0) is 6.28. The molecule has 0 saturated carbocycles. The van der Waals surface area contributed by atoms with Crippen LogP contribution in [0.2, 0.25) is 0 Å². The molecule has 0 aliphatic carbocycles. The van der Waals surface area contributed by atoms with Gasteiger partial charge in [0.2, 0.25) is 0 Å². The summed E-state index contributed by atoms with van der Waals surface area (Å²) in [6.45, 7) is 9.07. The van der Waals surface area contributed by atoms with Crippen molar-refractivity contribution in [1.82, 2.24) is 0 Å². The Labute approximate surface area is 77.1 Å². The predicted molar refractivity (Wildman–Crippen MR) is 31.6 cm³/mol. The van der Waals surface area contributed by atoms with Crippen molar-refractivity contribution in [2.75, 3.05) is 0 Å². The van der Waals surface area contributed by atoms with Crippen LogP contribution in [-0.4, -0.2) is 6.29 Å². The van der Waals surface area contributed by atoms with E-state index in [1.165, 1.54) is 13.2 Å². The largest absolute Gasteiger partial charge is 0.542 e. The van der Waals surface area contributed by atoms with E-state index >= 15 is 0 Å². The van der Waals surface area contributed by atoms with Crippen LogP contribution in [0.25, 0.3) is 0 Å². The first kappa shape index (κ1) is 15.9. The van der Waals surface area contributed by atoms with Gasteiger partial charge in [-0.3, -0.25) is 6.29 Å². The second kappa shape index (κ2) is 15.7. The molecule has 0 aromatic rings. The molecule has 0 N–H and O–H groups in total. The van der Waals surface area contributed by atoms with Gasteiger partial charge in [-0.1, -0.05) is 13.8 Å². The fraction of sp³-hybridized carbons (Fsp3) is 0.667. The van der Waals surface area contributed by atoms with E-state index in [4.69, 9.17) is 4.79 Å². The van der Waals surface area contributed by atoms with Gasteiger partial charge in [-0.15, -0.1) is 0 Å². The van der Waals surface area contributed by atoms with Crippen molar-refractivity contribution in [1.29, 1.82) is 0 Å². The van der Waals surface area contributed by atoms with Crippen molar-refractivity contribution in [3.8, 4) is 0 Å². The molecule has 0 atom stereocenters. The molecular weight excluding hydrogens is 177 g/mol. The van der Waals surface area contributed by atoms with Crippen LogP contribution in [-0.2, 0) is 37.5 Å². The van der Waals surface area contributed by atoms with E-state index in [9.17, 15) is 0 Å². The molecule has 1 radical (unpaired) electrons. The van der Waals surface area contributed by atoms with Crippen LogP contribution in [0, 0.1) is 12.8 Å². The molecule has 0 aliphatic heterocycles. The Hall–Kier alpha value is 0.774. The fourth-order valence-electron chi connectivity index (χ4n) is 0. The van der Waals surface area contributed by atoms with Crippen molar-refractivity contribution in [2.24, 2.45) is 5.92 Å². The molecule has 0 aromatic heterocycles. The minimum atomic E-state index is 0. The maximum Gasteiger partial charge on any atom is 0 e. The molecule has 47 valence electrons. The first-order valence-electron chi connectivity index (χ1n) is 2.27. The van der Waals surface area contributed by atoms with Crippen molar-refractivity contribution in [3.63, 3.8) is 0 Å². The molecule has 0 heterocycles. The molecule has 0 aliphatic rings. The summed E-state index contributed by atoms with van der Waals surface area (Å²) in [7, 11) is 0. The molecule has 8 heavy (non-hydrogen) atoms. The van der Waals surface area contributed by atoms with Gasteiger partial charge in [-0.2, -0.15) is 12.8 Å². The Balaban J connectivity index is -0.0000000575. The number of rotatable bonds is 0. The van der Waals surface area contributed by atoms with Crippen LogP contribution < -0.4 is 0 Å². The maximum atomic E-state index is 8.68. The summed E-state index contributed by atoms with van der Waals surface area (Å²) >= 11 is 0. The summed E-state index contributed by atoms with van der Waals surface area (Å²) in [5.74, 6) is 0.583. The number of hydrogen-bond donors (Lipinski definition) is 0. The van der Waals surface area contributed by atoms with E-state index < -0.39 is 0 Å². The van der Waals surface area contributed by atoms with Crippen molar-refractivity contribution in [2.45, 2.75) is 20.8 Å². The van der Waals surface area contributed by atoms with Gasteiger partial charge in [0.15, 0.2) is 0 Å². The first-order valence-corrected chi connectivity index (χ1v) is 2.27. The molecule has 0 bridgehead atoms. The summed E-state index contributed by atoms with van der Waals surface area (Å²) in [6, 6.07) is 0. The Bertz CT molecular complexity index is 32.8. The Morgan fingerprint density at radius 2 is 1.50 bits per heavy atom. The summed E-state index contributed by atoms with van der Waals surface area (Å²) in [6.07, 6.45) is 1.50. The molecule has 0 fully saturated rings. The summed E-state index contributed by atoms with van der Waals surface area (Å²) in [5.41, 5.74) is 0. The molecule has 0 amide bonds. The van der Waals surface area contributed by atoms with Crippen LogP contribution in [0.1, 0.15) is 20.8 Å². The number of hydrogen-bond acceptors (Lipinski definition) is 1. The van der Waals surface area contributed by atoms with E-state index in [1.54, 1.807) is 0 Å². The van der Waals surface area contributed by atoms with E-state index in [-0.39, 0.29) is 32.7 Å². The third kappa shape index (κ3) is 377. The van der Waals surface area contributed by atoms with Crippen molar-refractivity contribution in [3.05, 3.63) is 6.92 Å². The monoisotopic (exact) mass is 189 g/mol. The van der Waals surface area contributed by atoms with Gasteiger partial charge in [0.1, 0.15) is 0 Å². The predicted octanol–water partition coefficient (Wildman–Crippen LogP) is 1.59. The Kier molecular flexibility index (Phi) is 31.1. The van der Waals surface area contributed by atoms with Crippen molar-refractivity contribution >= 4 is 6.29 Å². The SMILES string of the molecule is C[C-]=O.[CH2-]C(C)C.[Y]. The second-order valence-corrected chi connectivity index (χ2v) is 1.60. The van der Waals surface area contributed by atoms with Crippen LogP contribution in [0.3, 0.4) is 0 Å². The molecule has 1 nitrogen and oxygen atoms in total. The van der Waals surface area contributed by atoms with Gasteiger partial charge in [-0.25, -0.2) is 0 Å². The van der Waals surface area contributed by atoms with E-state index in [0.29, 0.717) is 5.92 Å². The summed E-state index contributed by atoms with van der Waals surface area (Å²) in [4.78, 5) is 8.68. The van der Waals surface area contributed by atoms with Crippen LogP contribution in [0.5, 0.6) is 0 Å². The maximum absolute atomic E-state index is 8.68. The minimum Gasteiger partial charge on any atom is -0.542 e. The molecule has 0 saturated heterocycles. The quantitative estimate of drug-likeness (QED) is 0.529. The van der Waals surface area contributed by atoms with Crippen LogP contribution in [0.15, 0.2) is 0 Å². The Morgan fingerprint density at radius 3 is 1.50 bits per heavy atom. The van der Waals surface area contributed by atoms with Gasteiger partial charge in [0.05, 0.1) is 0 Å². The van der Waals surface area contributed by atoms with E-state index in [2.05, 4.69) is 20.8 Å². The molecule has 0 rings (SSSR count). The summed E-state index contributed by atoms with van der Waals surface area (Å²) < 4.78 is 0. The third-order valence-corrected chi connectivity index (χ3v) is 0. The molecule has 2 heteroatoms. The van der Waals surface area contributed by atoms with Crippen LogP contribution >= 0.6 is 0 Å². The van der Waals surface area contributed by atoms with E-state index in [1.807, 2.05) is 0 Å². The second-order valence-electron chi connectivity index (χ2n) is 1.60. The smallest absolute Gasteiger partial charge is 0 e. The van der Waals surface area contributed by atoms with Gasteiger partial charge < -0.3 is 11.7 Å². The molecule has 0 unspecified atom stereocenters. The average molecular weight is 189 g/mol. The third-order valence-electron chi connectivity index (χ3n) is 0. The fourth-order valence-corrected chi connectivity index (χ4v) is 0. The van der Waals surface area contributed by atoms with Gasteiger partial charge in [0.25, 0.3) is 0 Å². The molecular formula is C6H12OY-2. The summed E-state index contributed by atoms with van der Waals surface area (Å²) in [5, 5.41) is 0. The van der Waals surface area contributed by atoms with E-state index in [0.717, 1.165) is 0 Å².